The number of rotatable bonds is 8. The topological polar surface area (TPSA) is 166 Å². The van der Waals surface area contributed by atoms with Gasteiger partial charge in [0, 0.05) is 12.0 Å². The van der Waals surface area contributed by atoms with Crippen LogP contribution in [0.3, 0.4) is 0 Å². The van der Waals surface area contributed by atoms with E-state index in [9.17, 15) is 35.4 Å². The number of ether oxygens (including phenoxy) is 3. The van der Waals surface area contributed by atoms with Crippen LogP contribution in [0, 0.1) is 62.1 Å². The number of fused-ring (bicyclic) bond motifs is 8. The molecule has 6 N–H and O–H groups in total. The summed E-state index contributed by atoms with van der Waals surface area (Å²) in [5.74, 6) is -0.262. The molecule has 1 aromatic carbocycles. The third-order valence-corrected chi connectivity index (χ3v) is 17.9. The smallest absolute Gasteiger partial charge is 0.310 e. The molecule has 6 fully saturated rings. The molecule has 17 atom stereocenters. The molecule has 1 saturated heterocycles. The zero-order chi connectivity index (χ0) is 39.3. The van der Waals surface area contributed by atoms with Crippen LogP contribution in [0.4, 0.5) is 0 Å². The number of carboxylic acids is 1. The Hall–Kier alpha value is -1.89. The molecule has 55 heavy (non-hydrogen) atoms. The molecular weight excluding hydrogens is 700 g/mol. The first-order valence-corrected chi connectivity index (χ1v) is 21.1. The molecule has 1 aliphatic heterocycles. The van der Waals surface area contributed by atoms with E-state index in [4.69, 9.17) is 14.2 Å². The fourth-order valence-corrected chi connectivity index (χ4v) is 15.0. The standard InChI is InChI=1S/C45H66O10/c1-40(24-46)18-28-13-9-12-27-19-45(28,39(51)52)30(20-40)29-14-15-34-41(2)21-32(53-22-26-10-7-6-8-11-26)37(55-38-36(50)35(49)31(48)23-54-38)42(3,25-47)33(41)16-17-43(34,4)44(27,29)5/h6-8,10-11,14,27-28,30-38,46-50H,9,12-13,15-25H2,1-5H3,(H,51,52)/t27-,28-,30+,31-,32-,33-,34-,35+,36-,37-,38-,40+,41+,42+,43-,44-,45-/m1/s1. The number of carboxylic acid groups (broad SMARTS) is 1. The highest BCUT2D eigenvalue weighted by molar-refractivity contribution is 5.77. The molecule has 5 saturated carbocycles. The summed E-state index contributed by atoms with van der Waals surface area (Å²) in [6, 6.07) is 9.98. The SMILES string of the molecule is C[C@]1(CO)C[C@H]2CCC[C@@H]3C[C@]2(C(=O)O)[C@@H](C1)C1=CC[C@@H]2[C@@]4(C)C[C@@H](OCc5ccccc5)[C@@H](O[C@H]5OC[C@@H](O)[C@H](O)[C@H]5O)[C@@](C)(CO)[C@@H]4CC[C@@]2(C)[C@@]13C. The van der Waals surface area contributed by atoms with E-state index in [2.05, 4.69) is 40.7 Å². The maximum absolute atomic E-state index is 13.7. The minimum Gasteiger partial charge on any atom is -0.481 e. The zero-order valence-corrected chi connectivity index (χ0v) is 33.5. The third kappa shape index (κ3) is 5.66. The van der Waals surface area contributed by atoms with Gasteiger partial charge in [-0.15, -0.1) is 0 Å². The Balaban J connectivity index is 1.21. The van der Waals surface area contributed by atoms with Crippen molar-refractivity contribution in [3.05, 3.63) is 47.5 Å². The number of hydrogen-bond acceptors (Lipinski definition) is 9. The predicted octanol–water partition coefficient (Wildman–Crippen LogP) is 5.47. The van der Waals surface area contributed by atoms with Crippen molar-refractivity contribution < 1.29 is 49.6 Å². The van der Waals surface area contributed by atoms with Gasteiger partial charge >= 0.3 is 5.97 Å². The second-order valence-electron chi connectivity index (χ2n) is 20.5. The molecule has 1 aromatic rings. The fourth-order valence-electron chi connectivity index (χ4n) is 15.0. The van der Waals surface area contributed by atoms with Crippen LogP contribution in [0.25, 0.3) is 0 Å². The number of aliphatic carboxylic acids is 1. The third-order valence-electron chi connectivity index (χ3n) is 17.9. The van der Waals surface area contributed by atoms with Crippen molar-refractivity contribution in [2.24, 2.45) is 62.1 Å². The Bertz CT molecular complexity index is 1640. The molecule has 0 radical (unpaired) electrons. The number of carbonyl (C=O) groups is 1. The Morgan fingerprint density at radius 3 is 2.29 bits per heavy atom. The van der Waals surface area contributed by atoms with Gasteiger partial charge in [0.1, 0.15) is 18.3 Å². The van der Waals surface area contributed by atoms with Gasteiger partial charge in [-0.3, -0.25) is 4.79 Å². The number of allylic oxidation sites excluding steroid dienone is 2. The monoisotopic (exact) mass is 766 g/mol. The van der Waals surface area contributed by atoms with E-state index < -0.39 is 53.6 Å². The van der Waals surface area contributed by atoms with Crippen molar-refractivity contribution in [2.75, 3.05) is 19.8 Å². The van der Waals surface area contributed by atoms with Gasteiger partial charge in [-0.05, 0) is 115 Å². The summed E-state index contributed by atoms with van der Waals surface area (Å²) >= 11 is 0. The van der Waals surface area contributed by atoms with Crippen LogP contribution in [-0.4, -0.2) is 93.2 Å². The second kappa shape index (κ2) is 13.9. The molecule has 2 bridgehead atoms. The Morgan fingerprint density at radius 1 is 0.873 bits per heavy atom. The summed E-state index contributed by atoms with van der Waals surface area (Å²) in [6.45, 7) is 11.7. The lowest BCUT2D eigenvalue weighted by molar-refractivity contribution is -0.333. The van der Waals surface area contributed by atoms with Crippen molar-refractivity contribution in [1.82, 2.24) is 0 Å². The molecule has 6 aliphatic carbocycles. The van der Waals surface area contributed by atoms with Crippen LogP contribution in [-0.2, 0) is 25.6 Å². The van der Waals surface area contributed by atoms with E-state index >= 15 is 0 Å². The molecule has 0 unspecified atom stereocenters. The van der Waals surface area contributed by atoms with Gasteiger partial charge in [0.15, 0.2) is 6.29 Å². The molecule has 0 amide bonds. The van der Waals surface area contributed by atoms with E-state index in [1.165, 1.54) is 5.57 Å². The maximum Gasteiger partial charge on any atom is 0.310 e. The molecule has 10 heteroatoms. The number of aliphatic hydroxyl groups excluding tert-OH is 5. The average Bonchev–Trinajstić information content (AvgIpc) is 3.35. The summed E-state index contributed by atoms with van der Waals surface area (Å²) < 4.78 is 19.4. The van der Waals surface area contributed by atoms with E-state index in [0.29, 0.717) is 25.9 Å². The summed E-state index contributed by atoms with van der Waals surface area (Å²) in [5.41, 5.74) is -0.294. The lowest BCUT2D eigenvalue weighted by Gasteiger charge is -2.73. The first-order valence-electron chi connectivity index (χ1n) is 21.1. The molecule has 8 rings (SSSR count). The highest BCUT2D eigenvalue weighted by atomic mass is 16.7. The largest absolute Gasteiger partial charge is 0.481 e. The van der Waals surface area contributed by atoms with Crippen LogP contribution >= 0.6 is 0 Å². The number of aliphatic hydroxyl groups is 5. The van der Waals surface area contributed by atoms with E-state index in [-0.39, 0.29) is 71.1 Å². The second-order valence-corrected chi connectivity index (χ2v) is 20.5. The summed E-state index contributed by atoms with van der Waals surface area (Å²) in [7, 11) is 0. The molecule has 1 heterocycles. The summed E-state index contributed by atoms with van der Waals surface area (Å²) in [5, 5.41) is 65.3. The van der Waals surface area contributed by atoms with Crippen LogP contribution in [0.1, 0.15) is 104 Å². The van der Waals surface area contributed by atoms with Crippen molar-refractivity contribution in [1.29, 1.82) is 0 Å². The van der Waals surface area contributed by atoms with E-state index in [0.717, 1.165) is 50.5 Å². The van der Waals surface area contributed by atoms with Gasteiger partial charge in [0.05, 0.1) is 37.4 Å². The van der Waals surface area contributed by atoms with Crippen LogP contribution in [0.15, 0.2) is 42.0 Å². The van der Waals surface area contributed by atoms with Gasteiger partial charge in [-0.25, -0.2) is 0 Å². The molecule has 7 aliphatic rings. The average molecular weight is 767 g/mol. The lowest BCUT2D eigenvalue weighted by atomic mass is 9.31. The molecule has 306 valence electrons. The lowest BCUT2D eigenvalue weighted by Crippen LogP contribution is -2.70. The minimum absolute atomic E-state index is 0.0204. The molecule has 10 nitrogen and oxygen atoms in total. The Labute approximate surface area is 326 Å². The summed E-state index contributed by atoms with van der Waals surface area (Å²) in [6.07, 6.45) is 4.20. The predicted molar refractivity (Wildman–Crippen MR) is 204 cm³/mol. The normalized spacial score (nSPS) is 51.8. The Kier molecular flexibility index (Phi) is 10.1. The number of hydrogen-bond donors (Lipinski definition) is 6. The van der Waals surface area contributed by atoms with Gasteiger partial charge in [-0.1, -0.05) is 83.0 Å². The van der Waals surface area contributed by atoms with Crippen LogP contribution in [0.5, 0.6) is 0 Å². The van der Waals surface area contributed by atoms with Crippen molar-refractivity contribution in [3.8, 4) is 0 Å². The Morgan fingerprint density at radius 2 is 1.60 bits per heavy atom. The van der Waals surface area contributed by atoms with Gasteiger partial charge in [0.2, 0.25) is 0 Å². The van der Waals surface area contributed by atoms with Gasteiger partial charge in [-0.2, -0.15) is 0 Å². The van der Waals surface area contributed by atoms with Crippen LogP contribution in [0.2, 0.25) is 0 Å². The van der Waals surface area contributed by atoms with Crippen LogP contribution < -0.4 is 0 Å². The van der Waals surface area contributed by atoms with E-state index in [1.54, 1.807) is 0 Å². The summed E-state index contributed by atoms with van der Waals surface area (Å²) in [4.78, 5) is 13.7. The fraction of sp³-hybridized carbons (Fsp3) is 0.800. The quantitative estimate of drug-likeness (QED) is 0.148. The first-order chi connectivity index (χ1) is 26.0. The van der Waals surface area contributed by atoms with Crippen molar-refractivity contribution in [2.45, 2.75) is 142 Å². The van der Waals surface area contributed by atoms with Crippen molar-refractivity contribution >= 4 is 5.97 Å². The van der Waals surface area contributed by atoms with Gasteiger partial charge in [0.25, 0.3) is 0 Å². The highest BCUT2D eigenvalue weighted by Gasteiger charge is 2.74. The van der Waals surface area contributed by atoms with Crippen molar-refractivity contribution in [3.63, 3.8) is 0 Å². The number of benzene rings is 1. The minimum atomic E-state index is -1.47. The molecular formula is C45H66O10. The maximum atomic E-state index is 13.7. The molecule has 0 aromatic heterocycles. The van der Waals surface area contributed by atoms with Gasteiger partial charge < -0.3 is 44.8 Å². The first kappa shape index (κ1) is 39.9. The molecule has 0 spiro atoms. The highest BCUT2D eigenvalue weighted by Crippen LogP contribution is 2.78. The zero-order valence-electron chi connectivity index (χ0n) is 33.5. The van der Waals surface area contributed by atoms with E-state index in [1.807, 2.05) is 30.3 Å².